The van der Waals surface area contributed by atoms with E-state index in [9.17, 15) is 18.0 Å². The quantitative estimate of drug-likeness (QED) is 0.435. The maximum Gasteiger partial charge on any atom is 0.322 e. The molecule has 1 rings (SSSR count). The van der Waals surface area contributed by atoms with Crippen molar-refractivity contribution in [3.63, 3.8) is 0 Å². The second-order valence-electron chi connectivity index (χ2n) is 3.68. The van der Waals surface area contributed by atoms with E-state index in [1.807, 2.05) is 0 Å². The number of nitrogens with one attached hydrogen (secondary N) is 2. The van der Waals surface area contributed by atoms with Crippen LogP contribution in [0.15, 0.2) is 23.1 Å². The first-order valence-electron chi connectivity index (χ1n) is 5.23. The summed E-state index contributed by atoms with van der Waals surface area (Å²) in [5.74, 6) is -2.35. The SMILES string of the molecule is O=C(O)CNc1ccc(S(=O)(=O)O)c(NCC(=O)O)c1. The molecule has 1 aromatic rings. The number of benzene rings is 1. The number of hydrogen-bond donors (Lipinski definition) is 5. The highest BCUT2D eigenvalue weighted by Crippen LogP contribution is 2.25. The Balaban J connectivity index is 3.08. The van der Waals surface area contributed by atoms with E-state index in [0.29, 0.717) is 0 Å². The Morgan fingerprint density at radius 1 is 1.05 bits per heavy atom. The highest BCUT2D eigenvalue weighted by Gasteiger charge is 2.16. The minimum absolute atomic E-state index is 0.148. The zero-order valence-electron chi connectivity index (χ0n) is 10.0. The van der Waals surface area contributed by atoms with E-state index in [0.717, 1.165) is 6.07 Å². The number of carboxylic acids is 2. The molecule has 0 radical (unpaired) electrons. The maximum atomic E-state index is 11.1. The van der Waals surface area contributed by atoms with Crippen LogP contribution in [0.1, 0.15) is 0 Å². The van der Waals surface area contributed by atoms with E-state index >= 15 is 0 Å². The molecule has 0 aromatic heterocycles. The summed E-state index contributed by atoms with van der Waals surface area (Å²) < 4.78 is 31.3. The maximum absolute atomic E-state index is 11.1. The van der Waals surface area contributed by atoms with Crippen molar-refractivity contribution < 1.29 is 32.8 Å². The summed E-state index contributed by atoms with van der Waals surface area (Å²) in [7, 11) is -4.53. The summed E-state index contributed by atoms with van der Waals surface area (Å²) in [6, 6.07) is 3.47. The molecule has 0 aliphatic rings. The van der Waals surface area contributed by atoms with Gasteiger partial charge in [0.2, 0.25) is 0 Å². The minimum Gasteiger partial charge on any atom is -0.480 e. The lowest BCUT2D eigenvalue weighted by molar-refractivity contribution is -0.135. The highest BCUT2D eigenvalue weighted by atomic mass is 32.2. The molecular formula is C10H12N2O7S. The lowest BCUT2D eigenvalue weighted by Crippen LogP contribution is -2.16. The molecular weight excluding hydrogens is 292 g/mol. The molecule has 0 saturated heterocycles. The molecule has 20 heavy (non-hydrogen) atoms. The third-order valence-electron chi connectivity index (χ3n) is 2.13. The van der Waals surface area contributed by atoms with Crippen LogP contribution < -0.4 is 10.6 Å². The van der Waals surface area contributed by atoms with Crippen molar-refractivity contribution in [3.8, 4) is 0 Å². The largest absolute Gasteiger partial charge is 0.480 e. The van der Waals surface area contributed by atoms with Gasteiger partial charge in [0.05, 0.1) is 5.69 Å². The molecule has 0 heterocycles. The molecule has 0 aliphatic carbocycles. The summed E-state index contributed by atoms with van der Waals surface area (Å²) in [5, 5.41) is 21.9. The van der Waals surface area contributed by atoms with Crippen molar-refractivity contribution in [1.29, 1.82) is 0 Å². The van der Waals surface area contributed by atoms with Crippen molar-refractivity contribution >= 4 is 33.4 Å². The van der Waals surface area contributed by atoms with Crippen LogP contribution in [-0.4, -0.2) is 48.2 Å². The van der Waals surface area contributed by atoms with Crippen LogP contribution >= 0.6 is 0 Å². The first-order chi connectivity index (χ1) is 9.20. The molecule has 0 spiro atoms. The molecule has 0 unspecified atom stereocenters. The van der Waals surface area contributed by atoms with E-state index in [4.69, 9.17) is 14.8 Å². The van der Waals surface area contributed by atoms with Gasteiger partial charge < -0.3 is 20.8 Å². The average molecular weight is 304 g/mol. The average Bonchev–Trinajstić information content (AvgIpc) is 2.32. The van der Waals surface area contributed by atoms with Gasteiger partial charge in [0.25, 0.3) is 10.1 Å². The Bertz CT molecular complexity index is 626. The molecule has 1 aromatic carbocycles. The van der Waals surface area contributed by atoms with E-state index in [1.165, 1.54) is 12.1 Å². The molecule has 0 bridgehead atoms. The van der Waals surface area contributed by atoms with Crippen LogP contribution in [0.3, 0.4) is 0 Å². The van der Waals surface area contributed by atoms with E-state index in [2.05, 4.69) is 10.6 Å². The molecule has 0 saturated carbocycles. The van der Waals surface area contributed by atoms with Gasteiger partial charge >= 0.3 is 11.9 Å². The molecule has 5 N–H and O–H groups in total. The van der Waals surface area contributed by atoms with Gasteiger partial charge in [-0.15, -0.1) is 0 Å². The predicted molar refractivity (Wildman–Crippen MR) is 68.5 cm³/mol. The number of carboxylic acid groups (broad SMARTS) is 2. The Kier molecular flexibility index (Phi) is 4.88. The lowest BCUT2D eigenvalue weighted by Gasteiger charge is -2.11. The van der Waals surface area contributed by atoms with Crippen molar-refractivity contribution in [3.05, 3.63) is 18.2 Å². The Morgan fingerprint density at radius 3 is 2.10 bits per heavy atom. The normalized spacial score (nSPS) is 10.8. The van der Waals surface area contributed by atoms with Crippen LogP contribution in [0.25, 0.3) is 0 Å². The van der Waals surface area contributed by atoms with Crippen molar-refractivity contribution in [1.82, 2.24) is 0 Å². The Hall–Kier alpha value is -2.33. The van der Waals surface area contributed by atoms with E-state index < -0.39 is 40.0 Å². The van der Waals surface area contributed by atoms with Crippen molar-refractivity contribution in [2.45, 2.75) is 4.90 Å². The number of carbonyl (C=O) groups is 2. The fraction of sp³-hybridized carbons (Fsp3) is 0.200. The Labute approximate surface area is 114 Å². The Morgan fingerprint density at radius 2 is 1.60 bits per heavy atom. The predicted octanol–water partition coefficient (Wildman–Crippen LogP) is -0.0737. The van der Waals surface area contributed by atoms with Crippen molar-refractivity contribution in [2.75, 3.05) is 23.7 Å². The second-order valence-corrected chi connectivity index (χ2v) is 5.07. The fourth-order valence-electron chi connectivity index (χ4n) is 1.35. The monoisotopic (exact) mass is 304 g/mol. The molecule has 9 nitrogen and oxygen atoms in total. The van der Waals surface area contributed by atoms with Gasteiger partial charge in [-0.1, -0.05) is 0 Å². The first kappa shape index (κ1) is 15.7. The molecule has 0 atom stereocenters. The smallest absolute Gasteiger partial charge is 0.322 e. The van der Waals surface area contributed by atoms with Gasteiger partial charge in [-0.3, -0.25) is 14.1 Å². The van der Waals surface area contributed by atoms with Gasteiger partial charge in [-0.25, -0.2) is 0 Å². The van der Waals surface area contributed by atoms with Crippen molar-refractivity contribution in [2.24, 2.45) is 0 Å². The summed E-state index contributed by atoms with van der Waals surface area (Å²) in [4.78, 5) is 20.4. The van der Waals surface area contributed by atoms with Crippen LogP contribution in [0.4, 0.5) is 11.4 Å². The summed E-state index contributed by atoms with van der Waals surface area (Å²) in [5.41, 5.74) is 0.109. The van der Waals surface area contributed by atoms with Crippen LogP contribution in [0.5, 0.6) is 0 Å². The van der Waals surface area contributed by atoms with E-state index in [1.54, 1.807) is 0 Å². The van der Waals surface area contributed by atoms with Crippen LogP contribution in [0.2, 0.25) is 0 Å². The summed E-state index contributed by atoms with van der Waals surface area (Å²) in [6.45, 7) is -0.964. The molecule has 0 aliphatic heterocycles. The number of aliphatic carboxylic acids is 2. The van der Waals surface area contributed by atoms with Gasteiger partial charge in [0.15, 0.2) is 0 Å². The third kappa shape index (κ3) is 4.74. The minimum atomic E-state index is -4.53. The standard InChI is InChI=1S/C10H12N2O7S/c13-9(14)4-11-6-1-2-8(20(17,18)19)7(3-6)12-5-10(15)16/h1-3,11-12H,4-5H2,(H,13,14)(H,15,16)(H,17,18,19). The fourth-order valence-corrected chi connectivity index (χ4v) is 2.00. The molecule has 0 amide bonds. The number of rotatable bonds is 7. The van der Waals surface area contributed by atoms with E-state index in [-0.39, 0.29) is 11.4 Å². The third-order valence-corrected chi connectivity index (χ3v) is 3.04. The highest BCUT2D eigenvalue weighted by molar-refractivity contribution is 7.86. The van der Waals surface area contributed by atoms with Gasteiger partial charge in [-0.2, -0.15) is 8.42 Å². The number of anilines is 2. The lowest BCUT2D eigenvalue weighted by atomic mass is 10.2. The molecule has 0 fully saturated rings. The first-order valence-corrected chi connectivity index (χ1v) is 6.67. The molecule has 10 heteroatoms. The van der Waals surface area contributed by atoms with Gasteiger partial charge in [0.1, 0.15) is 18.0 Å². The zero-order chi connectivity index (χ0) is 15.3. The molecule has 110 valence electrons. The van der Waals surface area contributed by atoms with Crippen LogP contribution in [0, 0.1) is 0 Å². The number of hydrogen-bond acceptors (Lipinski definition) is 6. The second kappa shape index (κ2) is 6.21. The topological polar surface area (TPSA) is 153 Å². The zero-order valence-corrected chi connectivity index (χ0v) is 10.8. The van der Waals surface area contributed by atoms with Gasteiger partial charge in [0, 0.05) is 5.69 Å². The van der Waals surface area contributed by atoms with Crippen LogP contribution in [-0.2, 0) is 19.7 Å². The summed E-state index contributed by atoms with van der Waals surface area (Å²) >= 11 is 0. The summed E-state index contributed by atoms with van der Waals surface area (Å²) in [6.07, 6.45) is 0. The van der Waals surface area contributed by atoms with Gasteiger partial charge in [-0.05, 0) is 18.2 Å².